The molecule has 0 aliphatic carbocycles. The van der Waals surface area contributed by atoms with E-state index < -0.39 is 5.97 Å². The number of rotatable bonds is 10. The molecule has 28 heavy (non-hydrogen) atoms. The molecule has 0 atom stereocenters. The number of unbranched alkanes of at least 4 members (excludes halogenated alkanes) is 1. The maximum atomic E-state index is 10.5. The minimum atomic E-state index is -0.743. The number of carboxylic acids is 1. The fraction of sp³-hybridized carbons (Fsp3) is 0.333. The second-order valence-electron chi connectivity index (χ2n) is 6.01. The smallest absolute Gasteiger partial charge is 0.303 e. The van der Waals surface area contributed by atoms with Gasteiger partial charge in [0.05, 0.1) is 21.3 Å². The van der Waals surface area contributed by atoms with Crippen LogP contribution < -0.4 is 31.2 Å². The predicted octanol–water partition coefficient (Wildman–Crippen LogP) is 0.429. The molecule has 1 aromatic carbocycles. The summed E-state index contributed by atoms with van der Waals surface area (Å²) in [5.74, 6) is 1.06. The highest BCUT2D eigenvalue weighted by atomic mass is 35.5. The van der Waals surface area contributed by atoms with Gasteiger partial charge in [-0.3, -0.25) is 4.79 Å². The molecule has 1 N–H and O–H groups in total. The Morgan fingerprint density at radius 3 is 2.04 bits per heavy atom. The number of methoxy groups -OCH3 is 3. The van der Waals surface area contributed by atoms with Gasteiger partial charge in [0.1, 0.15) is 6.54 Å². The molecule has 0 saturated heterocycles. The van der Waals surface area contributed by atoms with Crippen molar-refractivity contribution in [2.45, 2.75) is 25.8 Å². The zero-order chi connectivity index (χ0) is 19.6. The number of carboxylic acid groups (broad SMARTS) is 1. The standard InChI is InChI=1S/C21H25NO5.ClH/c1-25-18-14-17(15-19(26-2)21(18)27-3)8-7-16-9-12-22(13-10-16)11-5-4-6-20(23)24;/h7-10,12-15H,4-6,11H2,1-3H3;1H/b8-7-;. The number of aryl methyl sites for hydroxylation is 1. The van der Waals surface area contributed by atoms with Crippen molar-refractivity contribution in [3.05, 3.63) is 47.8 Å². The quantitative estimate of drug-likeness (QED) is 0.457. The average Bonchev–Trinajstić information content (AvgIpc) is 2.69. The predicted molar refractivity (Wildman–Crippen MR) is 103 cm³/mol. The highest BCUT2D eigenvalue weighted by molar-refractivity contribution is 5.72. The van der Waals surface area contributed by atoms with E-state index in [1.807, 2.05) is 48.8 Å². The van der Waals surface area contributed by atoms with Crippen molar-refractivity contribution in [3.63, 3.8) is 0 Å². The molecule has 0 fully saturated rings. The molecule has 0 unspecified atom stereocenters. The van der Waals surface area contributed by atoms with Crippen LogP contribution in [0.25, 0.3) is 12.2 Å². The van der Waals surface area contributed by atoms with E-state index in [2.05, 4.69) is 4.57 Å². The summed E-state index contributed by atoms with van der Waals surface area (Å²) >= 11 is 0. The molecule has 6 nitrogen and oxygen atoms in total. The molecule has 0 bridgehead atoms. The van der Waals surface area contributed by atoms with Crippen LogP contribution in [0.2, 0.25) is 0 Å². The third-order valence-electron chi connectivity index (χ3n) is 4.13. The zero-order valence-corrected chi connectivity index (χ0v) is 17.1. The van der Waals surface area contributed by atoms with Crippen LogP contribution in [-0.2, 0) is 11.3 Å². The lowest BCUT2D eigenvalue weighted by Crippen LogP contribution is -3.00. The molecular formula is C21H26ClNO5. The minimum absolute atomic E-state index is 0. The van der Waals surface area contributed by atoms with Gasteiger partial charge in [0.25, 0.3) is 0 Å². The number of benzene rings is 1. The number of hydrogen-bond donors (Lipinski definition) is 1. The molecule has 0 amide bonds. The van der Waals surface area contributed by atoms with E-state index in [9.17, 15) is 4.79 Å². The van der Waals surface area contributed by atoms with Crippen molar-refractivity contribution >= 4 is 18.1 Å². The van der Waals surface area contributed by atoms with Crippen molar-refractivity contribution in [1.29, 1.82) is 0 Å². The molecule has 2 rings (SSSR count). The maximum Gasteiger partial charge on any atom is 0.303 e. The van der Waals surface area contributed by atoms with Gasteiger partial charge in [0.2, 0.25) is 5.75 Å². The molecular weight excluding hydrogens is 382 g/mol. The minimum Gasteiger partial charge on any atom is -1.00 e. The number of aromatic nitrogens is 1. The number of ether oxygens (including phenoxy) is 3. The van der Waals surface area contributed by atoms with Gasteiger partial charge in [-0.2, -0.15) is 0 Å². The normalized spacial score (nSPS) is 10.4. The lowest BCUT2D eigenvalue weighted by atomic mass is 10.1. The summed E-state index contributed by atoms with van der Waals surface area (Å²) in [5, 5.41) is 8.66. The summed E-state index contributed by atoms with van der Waals surface area (Å²) in [7, 11) is 4.77. The molecule has 2 aromatic rings. The first-order valence-corrected chi connectivity index (χ1v) is 8.76. The van der Waals surface area contributed by atoms with E-state index in [0.29, 0.717) is 23.7 Å². The summed E-state index contributed by atoms with van der Waals surface area (Å²) in [6, 6.07) is 7.82. The second-order valence-corrected chi connectivity index (χ2v) is 6.01. The van der Waals surface area contributed by atoms with E-state index in [1.165, 1.54) is 0 Å². The van der Waals surface area contributed by atoms with Crippen LogP contribution in [0.3, 0.4) is 0 Å². The molecule has 1 heterocycles. The van der Waals surface area contributed by atoms with Crippen LogP contribution in [-0.4, -0.2) is 32.4 Å². The zero-order valence-electron chi connectivity index (χ0n) is 16.4. The topological polar surface area (TPSA) is 68.9 Å². The third-order valence-corrected chi connectivity index (χ3v) is 4.13. The molecule has 0 saturated carbocycles. The van der Waals surface area contributed by atoms with Crippen molar-refractivity contribution < 1.29 is 41.1 Å². The van der Waals surface area contributed by atoms with E-state index >= 15 is 0 Å². The van der Waals surface area contributed by atoms with Crippen LogP contribution >= 0.6 is 0 Å². The molecule has 152 valence electrons. The monoisotopic (exact) mass is 407 g/mol. The molecule has 7 heteroatoms. The first kappa shape index (κ1) is 23.3. The van der Waals surface area contributed by atoms with E-state index in [-0.39, 0.29) is 18.8 Å². The van der Waals surface area contributed by atoms with Crippen LogP contribution in [0.15, 0.2) is 36.7 Å². The number of hydrogen-bond acceptors (Lipinski definition) is 4. The Morgan fingerprint density at radius 2 is 1.54 bits per heavy atom. The van der Waals surface area contributed by atoms with Gasteiger partial charge in [-0.25, -0.2) is 4.57 Å². The number of pyridine rings is 1. The lowest BCUT2D eigenvalue weighted by molar-refractivity contribution is -0.697. The fourth-order valence-corrected chi connectivity index (χ4v) is 2.69. The van der Waals surface area contributed by atoms with Crippen LogP contribution in [0, 0.1) is 0 Å². The van der Waals surface area contributed by atoms with Gasteiger partial charge in [-0.1, -0.05) is 12.2 Å². The highest BCUT2D eigenvalue weighted by Crippen LogP contribution is 2.38. The number of aliphatic carboxylic acids is 1. The summed E-state index contributed by atoms with van der Waals surface area (Å²) in [5.41, 5.74) is 2.00. The Hall–Kier alpha value is -2.73. The summed E-state index contributed by atoms with van der Waals surface area (Å²) < 4.78 is 18.1. The molecule has 0 radical (unpaired) electrons. The first-order chi connectivity index (χ1) is 13.1. The third kappa shape index (κ3) is 6.78. The Balaban J connectivity index is 0.00000392. The van der Waals surface area contributed by atoms with Gasteiger partial charge in [0, 0.05) is 25.0 Å². The first-order valence-electron chi connectivity index (χ1n) is 8.76. The summed E-state index contributed by atoms with van der Waals surface area (Å²) in [6.07, 6.45) is 9.73. The van der Waals surface area contributed by atoms with Crippen LogP contribution in [0.5, 0.6) is 17.2 Å². The maximum absolute atomic E-state index is 10.5. The Kier molecular flexibility index (Phi) is 9.88. The van der Waals surface area contributed by atoms with Gasteiger partial charge >= 0.3 is 5.97 Å². The van der Waals surface area contributed by atoms with E-state index in [1.54, 1.807) is 21.3 Å². The molecule has 0 aliphatic rings. The van der Waals surface area contributed by atoms with Crippen LogP contribution in [0.4, 0.5) is 0 Å². The number of halogens is 1. The Labute approximate surface area is 171 Å². The van der Waals surface area contributed by atoms with Crippen molar-refractivity contribution in [1.82, 2.24) is 0 Å². The average molecular weight is 408 g/mol. The van der Waals surface area contributed by atoms with E-state index in [4.69, 9.17) is 19.3 Å². The number of nitrogens with zero attached hydrogens (tertiary/aromatic N) is 1. The molecule has 0 aliphatic heterocycles. The van der Waals surface area contributed by atoms with Crippen molar-refractivity contribution in [3.8, 4) is 17.2 Å². The molecule has 0 spiro atoms. The molecule has 1 aromatic heterocycles. The largest absolute Gasteiger partial charge is 1.00 e. The Bertz CT molecular complexity index is 765. The van der Waals surface area contributed by atoms with Crippen molar-refractivity contribution in [2.24, 2.45) is 0 Å². The fourth-order valence-electron chi connectivity index (χ4n) is 2.69. The summed E-state index contributed by atoms with van der Waals surface area (Å²) in [4.78, 5) is 10.5. The SMILES string of the molecule is COc1cc(/C=C\c2cc[n+](CCCCC(=O)O)cc2)cc(OC)c1OC.[Cl-]. The van der Waals surface area contributed by atoms with Crippen molar-refractivity contribution in [2.75, 3.05) is 21.3 Å². The second kappa shape index (κ2) is 11.9. The van der Waals surface area contributed by atoms with Gasteiger partial charge in [-0.05, 0) is 29.7 Å². The lowest BCUT2D eigenvalue weighted by Gasteiger charge is -2.12. The van der Waals surface area contributed by atoms with E-state index in [0.717, 1.165) is 24.1 Å². The van der Waals surface area contributed by atoms with Gasteiger partial charge in [-0.15, -0.1) is 0 Å². The Morgan fingerprint density at radius 1 is 0.964 bits per heavy atom. The van der Waals surface area contributed by atoms with Gasteiger partial charge < -0.3 is 31.7 Å². The summed E-state index contributed by atoms with van der Waals surface area (Å²) in [6.45, 7) is 0.810. The highest BCUT2D eigenvalue weighted by Gasteiger charge is 2.12. The van der Waals surface area contributed by atoms with Crippen LogP contribution in [0.1, 0.15) is 30.4 Å². The number of carbonyl (C=O) groups is 1. The van der Waals surface area contributed by atoms with Gasteiger partial charge in [0.15, 0.2) is 23.9 Å².